The first-order valence-corrected chi connectivity index (χ1v) is 9.46. The fraction of sp³-hybridized carbons (Fsp3) is 0.300. The number of phenolic OH excluding ortho intramolecular Hbond substituents is 1. The predicted molar refractivity (Wildman–Crippen MR) is 97.1 cm³/mol. The van der Waals surface area contributed by atoms with Gasteiger partial charge in [-0.1, -0.05) is 12.1 Å². The summed E-state index contributed by atoms with van der Waals surface area (Å²) in [7, 11) is 0. The van der Waals surface area contributed by atoms with E-state index in [1.807, 2.05) is 23.5 Å². The van der Waals surface area contributed by atoms with Gasteiger partial charge in [0.05, 0.1) is 6.04 Å². The van der Waals surface area contributed by atoms with E-state index in [9.17, 15) is 5.11 Å². The van der Waals surface area contributed by atoms with E-state index in [2.05, 4.69) is 34.3 Å². The third kappa shape index (κ3) is 2.14. The number of benzene rings is 1. The van der Waals surface area contributed by atoms with E-state index >= 15 is 0 Å². The molecule has 2 aliphatic rings. The standard InChI is InChI=1S/C20H20N2OS/c23-14-6-3-5-13(11-14)19-17-8-4-10-22(17)20-16(12-21-19)15-7-1-2-9-18(15)24-20/h3-6,8,10-11,19,21,23H,1-2,7,9,12H2. The molecule has 3 aromatic rings. The quantitative estimate of drug-likeness (QED) is 0.694. The Morgan fingerprint density at radius 2 is 2.00 bits per heavy atom. The molecule has 2 aromatic heterocycles. The molecule has 1 atom stereocenters. The van der Waals surface area contributed by atoms with Crippen LogP contribution in [-0.4, -0.2) is 9.67 Å². The smallest absolute Gasteiger partial charge is 0.115 e. The van der Waals surface area contributed by atoms with Crippen LogP contribution < -0.4 is 5.32 Å². The summed E-state index contributed by atoms with van der Waals surface area (Å²) in [5, 5.41) is 15.0. The Morgan fingerprint density at radius 1 is 1.08 bits per heavy atom. The van der Waals surface area contributed by atoms with Crippen molar-refractivity contribution in [3.05, 3.63) is 69.9 Å². The van der Waals surface area contributed by atoms with Crippen LogP contribution in [0.15, 0.2) is 42.6 Å². The lowest BCUT2D eigenvalue weighted by molar-refractivity contribution is 0.473. The van der Waals surface area contributed by atoms with Gasteiger partial charge in [0.2, 0.25) is 0 Å². The Balaban J connectivity index is 1.65. The number of nitrogens with one attached hydrogen (secondary N) is 1. The number of hydrogen-bond acceptors (Lipinski definition) is 3. The summed E-state index contributed by atoms with van der Waals surface area (Å²) in [6.45, 7) is 0.892. The SMILES string of the molecule is Oc1cccc(C2NCc3c(sc4c3CCCC4)-n3cccc32)c1. The van der Waals surface area contributed by atoms with Gasteiger partial charge in [0, 0.05) is 28.9 Å². The van der Waals surface area contributed by atoms with Crippen LogP contribution in [0.1, 0.15) is 46.1 Å². The summed E-state index contributed by atoms with van der Waals surface area (Å²) in [5.74, 6) is 0.323. The van der Waals surface area contributed by atoms with Crippen molar-refractivity contribution in [3.8, 4) is 10.8 Å². The highest BCUT2D eigenvalue weighted by atomic mass is 32.1. The molecule has 24 heavy (non-hydrogen) atoms. The van der Waals surface area contributed by atoms with Gasteiger partial charge in [0.25, 0.3) is 0 Å². The zero-order valence-electron chi connectivity index (χ0n) is 13.5. The van der Waals surface area contributed by atoms with Gasteiger partial charge in [0.15, 0.2) is 0 Å². The summed E-state index contributed by atoms with van der Waals surface area (Å²) < 4.78 is 2.35. The van der Waals surface area contributed by atoms with E-state index in [4.69, 9.17) is 0 Å². The monoisotopic (exact) mass is 336 g/mol. The Labute approximate surface area is 145 Å². The van der Waals surface area contributed by atoms with Gasteiger partial charge in [0.1, 0.15) is 10.8 Å². The second-order valence-corrected chi connectivity index (χ2v) is 7.79. The fourth-order valence-electron chi connectivity index (χ4n) is 4.11. The van der Waals surface area contributed by atoms with E-state index in [1.54, 1.807) is 16.5 Å². The molecule has 0 fully saturated rings. The summed E-state index contributed by atoms with van der Waals surface area (Å²) in [4.78, 5) is 1.59. The Bertz CT molecular complexity index is 908. The number of rotatable bonds is 1. The van der Waals surface area contributed by atoms with Gasteiger partial charge in [-0.05, 0) is 61.1 Å². The van der Waals surface area contributed by atoms with Gasteiger partial charge in [-0.3, -0.25) is 0 Å². The maximum atomic E-state index is 9.87. The molecule has 0 saturated carbocycles. The molecule has 0 spiro atoms. The molecule has 0 saturated heterocycles. The molecule has 1 aromatic carbocycles. The highest BCUT2D eigenvalue weighted by Crippen LogP contribution is 2.41. The van der Waals surface area contributed by atoms with Crippen LogP contribution in [0.3, 0.4) is 0 Å². The molecule has 2 N–H and O–H groups in total. The zero-order chi connectivity index (χ0) is 16.1. The number of thiophene rings is 1. The predicted octanol–water partition coefficient (Wildman–Crippen LogP) is 4.32. The number of nitrogens with zero attached hydrogens (tertiary/aromatic N) is 1. The molecule has 0 amide bonds. The van der Waals surface area contributed by atoms with E-state index in [-0.39, 0.29) is 6.04 Å². The lowest BCUT2D eigenvalue weighted by Gasteiger charge is -2.19. The number of fused-ring (bicyclic) bond motifs is 5. The molecule has 3 nitrogen and oxygen atoms in total. The number of hydrogen-bond donors (Lipinski definition) is 2. The van der Waals surface area contributed by atoms with Crippen molar-refractivity contribution >= 4 is 11.3 Å². The average Bonchev–Trinajstić information content (AvgIpc) is 3.17. The Hall–Kier alpha value is -2.04. The first-order chi connectivity index (χ1) is 11.8. The molecule has 122 valence electrons. The van der Waals surface area contributed by atoms with Crippen molar-refractivity contribution < 1.29 is 5.11 Å². The lowest BCUT2D eigenvalue weighted by Crippen LogP contribution is -2.21. The van der Waals surface area contributed by atoms with Crippen molar-refractivity contribution in [1.29, 1.82) is 0 Å². The molecule has 1 aliphatic carbocycles. The minimum atomic E-state index is 0.103. The number of phenols is 1. The lowest BCUT2D eigenvalue weighted by atomic mass is 9.95. The maximum Gasteiger partial charge on any atom is 0.115 e. The first kappa shape index (κ1) is 14.3. The van der Waals surface area contributed by atoms with Gasteiger partial charge in [-0.2, -0.15) is 0 Å². The van der Waals surface area contributed by atoms with Crippen molar-refractivity contribution in [3.63, 3.8) is 0 Å². The van der Waals surface area contributed by atoms with E-state index in [0.29, 0.717) is 5.75 Å². The topological polar surface area (TPSA) is 37.2 Å². The van der Waals surface area contributed by atoms with Crippen LogP contribution in [0.2, 0.25) is 0 Å². The van der Waals surface area contributed by atoms with Gasteiger partial charge in [-0.15, -0.1) is 11.3 Å². The van der Waals surface area contributed by atoms with Crippen LogP contribution >= 0.6 is 11.3 Å². The third-order valence-corrected chi connectivity index (χ3v) is 6.57. The van der Waals surface area contributed by atoms with Gasteiger partial charge >= 0.3 is 0 Å². The highest BCUT2D eigenvalue weighted by Gasteiger charge is 2.28. The first-order valence-electron chi connectivity index (χ1n) is 8.64. The summed E-state index contributed by atoms with van der Waals surface area (Å²) in [6, 6.07) is 12.0. The van der Waals surface area contributed by atoms with Crippen molar-refractivity contribution in [2.24, 2.45) is 0 Å². The van der Waals surface area contributed by atoms with Crippen LogP contribution in [0.5, 0.6) is 5.75 Å². The summed E-state index contributed by atoms with van der Waals surface area (Å²) in [6.07, 6.45) is 7.27. The van der Waals surface area contributed by atoms with Crippen LogP contribution in [-0.2, 0) is 19.4 Å². The Kier molecular flexibility index (Phi) is 3.28. The fourth-order valence-corrected chi connectivity index (χ4v) is 5.52. The zero-order valence-corrected chi connectivity index (χ0v) is 14.3. The van der Waals surface area contributed by atoms with Crippen LogP contribution in [0.25, 0.3) is 5.00 Å². The number of aromatic hydroxyl groups is 1. The molecule has 4 heteroatoms. The molecule has 5 rings (SSSR count). The largest absolute Gasteiger partial charge is 0.508 e. The number of aryl methyl sites for hydroxylation is 1. The van der Waals surface area contributed by atoms with E-state index < -0.39 is 0 Å². The average molecular weight is 336 g/mol. The van der Waals surface area contributed by atoms with Crippen LogP contribution in [0, 0.1) is 0 Å². The maximum absolute atomic E-state index is 9.87. The molecular formula is C20H20N2OS. The van der Waals surface area contributed by atoms with E-state index in [1.165, 1.54) is 41.9 Å². The molecule has 1 unspecified atom stereocenters. The normalized spacial score (nSPS) is 19.2. The second-order valence-electron chi connectivity index (χ2n) is 6.71. The summed E-state index contributed by atoms with van der Waals surface area (Å²) >= 11 is 1.97. The number of aromatic nitrogens is 1. The van der Waals surface area contributed by atoms with E-state index in [0.717, 1.165) is 12.1 Å². The Morgan fingerprint density at radius 3 is 2.92 bits per heavy atom. The van der Waals surface area contributed by atoms with Crippen molar-refractivity contribution in [1.82, 2.24) is 9.88 Å². The van der Waals surface area contributed by atoms with Crippen LogP contribution in [0.4, 0.5) is 0 Å². The minimum absolute atomic E-state index is 0.103. The van der Waals surface area contributed by atoms with Crippen molar-refractivity contribution in [2.75, 3.05) is 0 Å². The second kappa shape index (κ2) is 5.50. The third-order valence-electron chi connectivity index (χ3n) is 5.24. The molecule has 0 bridgehead atoms. The highest BCUT2D eigenvalue weighted by molar-refractivity contribution is 7.15. The van der Waals surface area contributed by atoms with Gasteiger partial charge < -0.3 is 15.0 Å². The molecule has 1 aliphatic heterocycles. The summed E-state index contributed by atoms with van der Waals surface area (Å²) in [5.41, 5.74) is 5.43. The minimum Gasteiger partial charge on any atom is -0.508 e. The molecular weight excluding hydrogens is 316 g/mol. The molecule has 0 radical (unpaired) electrons. The van der Waals surface area contributed by atoms with Crippen molar-refractivity contribution in [2.45, 2.75) is 38.3 Å². The molecule has 3 heterocycles. The van der Waals surface area contributed by atoms with Gasteiger partial charge in [-0.25, -0.2) is 0 Å².